The largest absolute Gasteiger partial charge is 0.398 e. The lowest BCUT2D eigenvalue weighted by Crippen LogP contribution is -2.41. The van der Waals surface area contributed by atoms with Gasteiger partial charge in [-0.15, -0.1) is 0 Å². The third kappa shape index (κ3) is 2.24. The van der Waals surface area contributed by atoms with Crippen molar-refractivity contribution in [1.82, 2.24) is 4.31 Å². The molecule has 0 spiro atoms. The van der Waals surface area contributed by atoms with Gasteiger partial charge in [-0.3, -0.25) is 0 Å². The summed E-state index contributed by atoms with van der Waals surface area (Å²) < 4.78 is 26.3. The summed E-state index contributed by atoms with van der Waals surface area (Å²) in [4.78, 5) is 0.298. The number of hydrogen-bond donors (Lipinski definition) is 1. The fourth-order valence-corrected chi connectivity index (χ4v) is 3.62. The van der Waals surface area contributed by atoms with E-state index in [2.05, 4.69) is 0 Å². The lowest BCUT2D eigenvalue weighted by atomic mass is 9.94. The Hall–Kier alpha value is -1.07. The van der Waals surface area contributed by atoms with Crippen molar-refractivity contribution in [3.63, 3.8) is 0 Å². The normalized spacial score (nSPS) is 16.8. The van der Waals surface area contributed by atoms with Gasteiger partial charge in [-0.25, -0.2) is 8.42 Å². The Balaban J connectivity index is 2.31. The average Bonchev–Trinajstić information content (AvgIpc) is 2.26. The van der Waals surface area contributed by atoms with Gasteiger partial charge in [0.05, 0.1) is 4.90 Å². The van der Waals surface area contributed by atoms with Crippen LogP contribution in [0.5, 0.6) is 0 Å². The molecule has 0 heterocycles. The van der Waals surface area contributed by atoms with E-state index in [-0.39, 0.29) is 6.04 Å². The predicted molar refractivity (Wildman–Crippen MR) is 72.8 cm³/mol. The molecule has 0 unspecified atom stereocenters. The first-order valence-corrected chi connectivity index (χ1v) is 7.77. The molecule has 0 atom stereocenters. The second-order valence-electron chi connectivity index (χ2n) is 4.82. The maximum absolute atomic E-state index is 12.4. The van der Waals surface area contributed by atoms with E-state index < -0.39 is 10.0 Å². The standard InChI is InChI=1S/C13H20N2O2S/c1-3-10-7-8-12(9-13(10)14)18(16,17)15(2)11-5-4-6-11/h7-9,11H,3-6,14H2,1-2H3. The molecule has 0 radical (unpaired) electrons. The average molecular weight is 268 g/mol. The molecule has 2 N–H and O–H groups in total. The topological polar surface area (TPSA) is 63.4 Å². The Morgan fingerprint density at radius 1 is 1.39 bits per heavy atom. The van der Waals surface area contributed by atoms with Crippen LogP contribution in [0.15, 0.2) is 23.1 Å². The first kappa shape index (κ1) is 13.4. The van der Waals surface area contributed by atoms with Crippen LogP contribution in [0.25, 0.3) is 0 Å². The number of nitrogen functional groups attached to an aromatic ring is 1. The number of rotatable bonds is 4. The molecule has 18 heavy (non-hydrogen) atoms. The number of sulfonamides is 1. The third-order valence-electron chi connectivity index (χ3n) is 3.76. The minimum atomic E-state index is -3.39. The number of anilines is 1. The molecule has 0 amide bonds. The molecule has 1 aromatic rings. The summed E-state index contributed by atoms with van der Waals surface area (Å²) >= 11 is 0. The van der Waals surface area contributed by atoms with Crippen LogP contribution < -0.4 is 5.73 Å². The van der Waals surface area contributed by atoms with Crippen LogP contribution in [0.4, 0.5) is 5.69 Å². The summed E-state index contributed by atoms with van der Waals surface area (Å²) in [5.74, 6) is 0. The minimum absolute atomic E-state index is 0.155. The lowest BCUT2D eigenvalue weighted by Gasteiger charge is -2.33. The minimum Gasteiger partial charge on any atom is -0.398 e. The maximum Gasteiger partial charge on any atom is 0.243 e. The van der Waals surface area contributed by atoms with Crippen LogP contribution >= 0.6 is 0 Å². The fraction of sp³-hybridized carbons (Fsp3) is 0.538. The molecule has 0 aliphatic heterocycles. The summed E-state index contributed by atoms with van der Waals surface area (Å²) in [6.07, 6.45) is 3.84. The van der Waals surface area contributed by atoms with E-state index in [0.717, 1.165) is 31.2 Å². The van der Waals surface area contributed by atoms with Crippen molar-refractivity contribution in [3.8, 4) is 0 Å². The molecule has 1 saturated carbocycles. The molecule has 0 saturated heterocycles. The maximum atomic E-state index is 12.4. The van der Waals surface area contributed by atoms with E-state index in [1.807, 2.05) is 6.92 Å². The number of nitrogens with two attached hydrogens (primary N) is 1. The summed E-state index contributed by atoms with van der Waals surface area (Å²) in [6.45, 7) is 2.00. The Morgan fingerprint density at radius 2 is 2.06 bits per heavy atom. The van der Waals surface area contributed by atoms with Gasteiger partial charge in [0.25, 0.3) is 0 Å². The van der Waals surface area contributed by atoms with E-state index in [0.29, 0.717) is 10.6 Å². The summed E-state index contributed by atoms with van der Waals surface area (Å²) in [6, 6.07) is 5.18. The molecule has 1 aliphatic rings. The second kappa shape index (κ2) is 4.90. The van der Waals surface area contributed by atoms with Gasteiger partial charge >= 0.3 is 0 Å². The summed E-state index contributed by atoms with van der Waals surface area (Å²) in [5, 5.41) is 0. The van der Waals surface area contributed by atoms with Crippen molar-refractivity contribution in [2.75, 3.05) is 12.8 Å². The van der Waals surface area contributed by atoms with Crippen LogP contribution in [0.2, 0.25) is 0 Å². The highest BCUT2D eigenvalue weighted by Gasteiger charge is 2.31. The highest BCUT2D eigenvalue weighted by molar-refractivity contribution is 7.89. The van der Waals surface area contributed by atoms with Crippen LogP contribution in [-0.2, 0) is 16.4 Å². The molecule has 2 rings (SSSR count). The zero-order chi connectivity index (χ0) is 13.3. The fourth-order valence-electron chi connectivity index (χ4n) is 2.17. The monoisotopic (exact) mass is 268 g/mol. The predicted octanol–water partition coefficient (Wildman–Crippen LogP) is 2.00. The third-order valence-corrected chi connectivity index (χ3v) is 5.67. The van der Waals surface area contributed by atoms with Crippen molar-refractivity contribution < 1.29 is 8.42 Å². The molecule has 5 heteroatoms. The van der Waals surface area contributed by atoms with E-state index in [1.165, 1.54) is 4.31 Å². The molecule has 1 aromatic carbocycles. The van der Waals surface area contributed by atoms with Crippen molar-refractivity contribution in [2.45, 2.75) is 43.5 Å². The Bertz CT molecular complexity index is 536. The number of nitrogens with zero attached hydrogens (tertiary/aromatic N) is 1. The number of aryl methyl sites for hydroxylation is 1. The van der Waals surface area contributed by atoms with Gasteiger partial charge in [-0.1, -0.05) is 19.4 Å². The highest BCUT2D eigenvalue weighted by Crippen LogP contribution is 2.29. The molecule has 1 fully saturated rings. The molecular formula is C13H20N2O2S. The van der Waals surface area contributed by atoms with Crippen molar-refractivity contribution in [3.05, 3.63) is 23.8 Å². The number of benzene rings is 1. The molecule has 0 aromatic heterocycles. The quantitative estimate of drug-likeness (QED) is 0.850. The summed E-state index contributed by atoms with van der Waals surface area (Å²) in [7, 11) is -1.74. The van der Waals surface area contributed by atoms with Gasteiger partial charge in [0.15, 0.2) is 0 Å². The van der Waals surface area contributed by atoms with Gasteiger partial charge in [0, 0.05) is 18.8 Å². The lowest BCUT2D eigenvalue weighted by molar-refractivity contribution is 0.249. The molecular weight excluding hydrogens is 248 g/mol. The molecule has 0 bridgehead atoms. The molecule has 1 aliphatic carbocycles. The van der Waals surface area contributed by atoms with Crippen LogP contribution in [0.3, 0.4) is 0 Å². The summed E-state index contributed by atoms with van der Waals surface area (Å²) in [5.41, 5.74) is 7.41. The van der Waals surface area contributed by atoms with Crippen LogP contribution in [-0.4, -0.2) is 25.8 Å². The van der Waals surface area contributed by atoms with Crippen molar-refractivity contribution >= 4 is 15.7 Å². The second-order valence-corrected chi connectivity index (χ2v) is 6.82. The van der Waals surface area contributed by atoms with E-state index in [1.54, 1.807) is 25.2 Å². The van der Waals surface area contributed by atoms with Gasteiger partial charge in [0.1, 0.15) is 0 Å². The molecule has 100 valence electrons. The van der Waals surface area contributed by atoms with Gasteiger partial charge in [-0.05, 0) is 37.0 Å². The van der Waals surface area contributed by atoms with Crippen molar-refractivity contribution in [1.29, 1.82) is 0 Å². The van der Waals surface area contributed by atoms with Crippen molar-refractivity contribution in [2.24, 2.45) is 0 Å². The zero-order valence-corrected chi connectivity index (χ0v) is 11.7. The Labute approximate surface area is 109 Å². The van der Waals surface area contributed by atoms with E-state index >= 15 is 0 Å². The Morgan fingerprint density at radius 3 is 2.50 bits per heavy atom. The highest BCUT2D eigenvalue weighted by atomic mass is 32.2. The first-order valence-electron chi connectivity index (χ1n) is 6.33. The first-order chi connectivity index (χ1) is 8.46. The molecule has 4 nitrogen and oxygen atoms in total. The van der Waals surface area contributed by atoms with Gasteiger partial charge in [0.2, 0.25) is 10.0 Å². The van der Waals surface area contributed by atoms with Crippen LogP contribution in [0, 0.1) is 0 Å². The van der Waals surface area contributed by atoms with Gasteiger partial charge in [-0.2, -0.15) is 4.31 Å². The van der Waals surface area contributed by atoms with Crippen LogP contribution in [0.1, 0.15) is 31.7 Å². The SMILES string of the molecule is CCc1ccc(S(=O)(=O)N(C)C2CCC2)cc1N. The number of hydrogen-bond acceptors (Lipinski definition) is 3. The Kier molecular flexibility index (Phi) is 3.64. The van der Waals surface area contributed by atoms with E-state index in [4.69, 9.17) is 5.73 Å². The zero-order valence-electron chi connectivity index (χ0n) is 10.9. The van der Waals surface area contributed by atoms with E-state index in [9.17, 15) is 8.42 Å². The smallest absolute Gasteiger partial charge is 0.243 e. The van der Waals surface area contributed by atoms with Gasteiger partial charge < -0.3 is 5.73 Å².